The molecular weight excluding hydrogens is 427 g/mol. The van der Waals surface area contributed by atoms with Gasteiger partial charge in [0.25, 0.3) is 5.91 Å². The van der Waals surface area contributed by atoms with Gasteiger partial charge in [-0.3, -0.25) is 4.79 Å². The first-order valence-electron chi connectivity index (χ1n) is 9.58. The van der Waals surface area contributed by atoms with E-state index < -0.39 is 5.60 Å². The van der Waals surface area contributed by atoms with E-state index >= 15 is 0 Å². The predicted molar refractivity (Wildman–Crippen MR) is 119 cm³/mol. The Balaban J connectivity index is 1.57. The fourth-order valence-electron chi connectivity index (χ4n) is 2.98. The molecule has 1 aliphatic heterocycles. The van der Waals surface area contributed by atoms with Crippen LogP contribution in [0, 0.1) is 0 Å². The number of piperazine rings is 1. The number of nitrogens with one attached hydrogen (secondary N) is 1. The Bertz CT molecular complexity index is 921. The average molecular weight is 451 g/mol. The third-order valence-corrected chi connectivity index (χ3v) is 5.02. The van der Waals surface area contributed by atoms with Crippen molar-refractivity contribution < 1.29 is 14.3 Å². The summed E-state index contributed by atoms with van der Waals surface area (Å²) in [6.45, 7) is 8.05. The third kappa shape index (κ3) is 5.77. The highest BCUT2D eigenvalue weighted by atomic mass is 35.5. The van der Waals surface area contributed by atoms with E-state index in [9.17, 15) is 9.59 Å². The summed E-state index contributed by atoms with van der Waals surface area (Å²) in [4.78, 5) is 32.8. The summed E-state index contributed by atoms with van der Waals surface area (Å²) in [5, 5.41) is 3.46. The van der Waals surface area contributed by atoms with Crippen LogP contribution in [0.2, 0.25) is 10.0 Å². The molecule has 1 aliphatic rings. The topological polar surface area (TPSA) is 74.8 Å². The fourth-order valence-corrected chi connectivity index (χ4v) is 3.35. The molecule has 7 nitrogen and oxygen atoms in total. The fraction of sp³-hybridized carbons (Fsp3) is 0.381. The van der Waals surface area contributed by atoms with Gasteiger partial charge in [-0.2, -0.15) is 0 Å². The molecule has 0 unspecified atom stereocenters. The number of amides is 2. The van der Waals surface area contributed by atoms with Gasteiger partial charge in [0.05, 0.1) is 22.5 Å². The first-order chi connectivity index (χ1) is 14.1. The van der Waals surface area contributed by atoms with Gasteiger partial charge < -0.3 is 19.9 Å². The molecule has 1 aromatic carbocycles. The molecule has 0 atom stereocenters. The van der Waals surface area contributed by atoms with Crippen LogP contribution in [-0.4, -0.2) is 53.7 Å². The minimum absolute atomic E-state index is 0.285. The molecule has 2 amide bonds. The van der Waals surface area contributed by atoms with Gasteiger partial charge in [0.15, 0.2) is 0 Å². The number of anilines is 2. The van der Waals surface area contributed by atoms with E-state index in [1.54, 1.807) is 29.3 Å². The van der Waals surface area contributed by atoms with Gasteiger partial charge in [0, 0.05) is 31.2 Å². The molecule has 1 aromatic heterocycles. The number of ether oxygens (including phenoxy) is 1. The van der Waals surface area contributed by atoms with Crippen LogP contribution < -0.4 is 10.2 Å². The number of nitrogens with zero attached hydrogens (tertiary/aromatic N) is 3. The second-order valence-corrected chi connectivity index (χ2v) is 8.78. The Morgan fingerprint density at radius 2 is 1.77 bits per heavy atom. The lowest BCUT2D eigenvalue weighted by Gasteiger charge is -2.36. The van der Waals surface area contributed by atoms with Crippen LogP contribution in [0.3, 0.4) is 0 Å². The molecule has 160 valence electrons. The third-order valence-electron chi connectivity index (χ3n) is 4.46. The van der Waals surface area contributed by atoms with Crippen LogP contribution in [0.5, 0.6) is 0 Å². The summed E-state index contributed by atoms with van der Waals surface area (Å²) in [5.74, 6) is 0.0286. The number of hydrogen-bond donors (Lipinski definition) is 1. The number of carbonyl (C=O) groups is 2. The lowest BCUT2D eigenvalue weighted by atomic mass is 10.2. The molecule has 9 heteroatoms. The summed E-state index contributed by atoms with van der Waals surface area (Å²) >= 11 is 12.0. The van der Waals surface area contributed by atoms with Crippen molar-refractivity contribution in [3.63, 3.8) is 0 Å². The van der Waals surface area contributed by atoms with Crippen LogP contribution in [0.15, 0.2) is 36.5 Å². The van der Waals surface area contributed by atoms with Gasteiger partial charge in [0.1, 0.15) is 11.4 Å². The van der Waals surface area contributed by atoms with Crippen LogP contribution >= 0.6 is 23.2 Å². The minimum atomic E-state index is -0.506. The van der Waals surface area contributed by atoms with Crippen molar-refractivity contribution >= 4 is 46.7 Å². The number of carbonyl (C=O) groups excluding carboxylic acids is 2. The number of halogens is 2. The minimum Gasteiger partial charge on any atom is -0.444 e. The molecule has 3 rings (SSSR count). The van der Waals surface area contributed by atoms with Gasteiger partial charge in [0.2, 0.25) is 0 Å². The lowest BCUT2D eigenvalue weighted by Crippen LogP contribution is -2.50. The molecule has 1 N–H and O–H groups in total. The summed E-state index contributed by atoms with van der Waals surface area (Å²) in [6.07, 6.45) is 1.40. The van der Waals surface area contributed by atoms with Gasteiger partial charge in [-0.25, -0.2) is 9.78 Å². The van der Waals surface area contributed by atoms with E-state index in [0.717, 1.165) is 5.69 Å². The van der Waals surface area contributed by atoms with Crippen LogP contribution in [0.1, 0.15) is 31.1 Å². The molecule has 2 heterocycles. The number of aromatic nitrogens is 1. The van der Waals surface area contributed by atoms with Crippen molar-refractivity contribution in [3.05, 3.63) is 52.1 Å². The summed E-state index contributed by atoms with van der Waals surface area (Å²) < 4.78 is 5.42. The Hall–Kier alpha value is -2.51. The summed E-state index contributed by atoms with van der Waals surface area (Å²) in [5.41, 5.74) is 0.694. The SMILES string of the molecule is CC(C)(C)OC(=O)N1CCN(c2ccc(NC(=O)c3cc(Cl)ccc3Cl)nc2)CC1. The van der Waals surface area contributed by atoms with E-state index in [2.05, 4.69) is 15.2 Å². The highest BCUT2D eigenvalue weighted by Gasteiger charge is 2.26. The maximum absolute atomic E-state index is 12.4. The van der Waals surface area contributed by atoms with Crippen LogP contribution in [-0.2, 0) is 4.74 Å². The molecule has 30 heavy (non-hydrogen) atoms. The van der Waals surface area contributed by atoms with Gasteiger partial charge in [-0.1, -0.05) is 23.2 Å². The Labute approximate surface area is 185 Å². The van der Waals surface area contributed by atoms with Crippen molar-refractivity contribution in [3.8, 4) is 0 Å². The number of hydrogen-bond acceptors (Lipinski definition) is 5. The standard InChI is InChI=1S/C21H24Cl2N4O3/c1-21(2,3)30-20(29)27-10-8-26(9-11-27)15-5-7-18(24-13-15)25-19(28)16-12-14(22)4-6-17(16)23/h4-7,12-13H,8-11H2,1-3H3,(H,24,25,28). The zero-order valence-corrected chi connectivity index (χ0v) is 18.6. The predicted octanol–water partition coefficient (Wildman–Crippen LogP) is 4.70. The summed E-state index contributed by atoms with van der Waals surface area (Å²) in [7, 11) is 0. The van der Waals surface area contributed by atoms with E-state index in [0.29, 0.717) is 42.0 Å². The monoisotopic (exact) mass is 450 g/mol. The summed E-state index contributed by atoms with van der Waals surface area (Å²) in [6, 6.07) is 8.32. The highest BCUT2D eigenvalue weighted by molar-refractivity contribution is 6.36. The lowest BCUT2D eigenvalue weighted by molar-refractivity contribution is 0.0240. The maximum Gasteiger partial charge on any atom is 0.410 e. The molecule has 0 spiro atoms. The quantitative estimate of drug-likeness (QED) is 0.733. The normalized spacial score (nSPS) is 14.4. The van der Waals surface area contributed by atoms with Crippen molar-refractivity contribution in [2.75, 3.05) is 36.4 Å². The van der Waals surface area contributed by atoms with E-state index in [-0.39, 0.29) is 17.6 Å². The average Bonchev–Trinajstić information content (AvgIpc) is 2.69. The maximum atomic E-state index is 12.4. The van der Waals surface area contributed by atoms with E-state index in [4.69, 9.17) is 27.9 Å². The molecule has 0 aliphatic carbocycles. The van der Waals surface area contributed by atoms with Crippen molar-refractivity contribution in [1.29, 1.82) is 0 Å². The Morgan fingerprint density at radius 3 is 2.37 bits per heavy atom. The number of rotatable bonds is 3. The van der Waals surface area contributed by atoms with E-state index in [1.165, 1.54) is 6.07 Å². The van der Waals surface area contributed by atoms with E-state index in [1.807, 2.05) is 26.8 Å². The van der Waals surface area contributed by atoms with Crippen molar-refractivity contribution in [1.82, 2.24) is 9.88 Å². The molecule has 1 saturated heterocycles. The first-order valence-corrected chi connectivity index (χ1v) is 10.3. The van der Waals surface area contributed by atoms with Gasteiger partial charge in [-0.15, -0.1) is 0 Å². The van der Waals surface area contributed by atoms with Crippen LogP contribution in [0.4, 0.5) is 16.3 Å². The number of benzene rings is 1. The molecule has 0 radical (unpaired) electrons. The smallest absolute Gasteiger partial charge is 0.410 e. The van der Waals surface area contributed by atoms with Crippen molar-refractivity contribution in [2.24, 2.45) is 0 Å². The molecule has 0 bridgehead atoms. The number of pyridine rings is 1. The van der Waals surface area contributed by atoms with Gasteiger partial charge in [-0.05, 0) is 51.1 Å². The largest absolute Gasteiger partial charge is 0.444 e. The molecule has 2 aromatic rings. The zero-order chi connectivity index (χ0) is 21.9. The highest BCUT2D eigenvalue weighted by Crippen LogP contribution is 2.23. The Morgan fingerprint density at radius 1 is 1.07 bits per heavy atom. The first kappa shape index (κ1) is 22.2. The Kier molecular flexibility index (Phi) is 6.73. The molecule has 1 fully saturated rings. The molecular formula is C21H24Cl2N4O3. The van der Waals surface area contributed by atoms with Crippen molar-refractivity contribution in [2.45, 2.75) is 26.4 Å². The molecule has 0 saturated carbocycles. The zero-order valence-electron chi connectivity index (χ0n) is 17.1. The van der Waals surface area contributed by atoms with Gasteiger partial charge >= 0.3 is 6.09 Å². The van der Waals surface area contributed by atoms with Crippen LogP contribution in [0.25, 0.3) is 0 Å². The second-order valence-electron chi connectivity index (χ2n) is 7.93. The second kappa shape index (κ2) is 9.10.